The average molecular weight is 560 g/mol. The fourth-order valence-corrected chi connectivity index (χ4v) is 4.74. The molecule has 1 saturated heterocycles. The maximum atomic E-state index is 13.5. The molecular weight excluding hydrogens is 529 g/mol. The van der Waals surface area contributed by atoms with Crippen molar-refractivity contribution in [2.45, 2.75) is 38.8 Å². The van der Waals surface area contributed by atoms with E-state index in [4.69, 9.17) is 4.74 Å². The Bertz CT molecular complexity index is 1610. The van der Waals surface area contributed by atoms with Gasteiger partial charge in [-0.2, -0.15) is 0 Å². The number of carbonyl (C=O) groups excluding carboxylic acids is 3. The molecule has 41 heavy (non-hydrogen) atoms. The number of carbonyl (C=O) groups is 3. The number of likely N-dealkylation sites (tertiary alicyclic amines) is 1. The number of halogens is 1. The van der Waals surface area contributed by atoms with Crippen molar-refractivity contribution in [2.75, 3.05) is 19.6 Å². The number of amides is 2. The summed E-state index contributed by atoms with van der Waals surface area (Å²) in [7, 11) is 0. The molecule has 0 aliphatic carbocycles. The third-order valence-corrected chi connectivity index (χ3v) is 6.92. The van der Waals surface area contributed by atoms with Gasteiger partial charge in [0.05, 0.1) is 6.54 Å². The van der Waals surface area contributed by atoms with Gasteiger partial charge >= 0.3 is 5.56 Å². The fourth-order valence-electron chi connectivity index (χ4n) is 4.74. The number of benzene rings is 2. The van der Waals surface area contributed by atoms with Crippen molar-refractivity contribution in [3.63, 3.8) is 0 Å². The van der Waals surface area contributed by atoms with Gasteiger partial charge in [0.25, 0.3) is 5.91 Å². The number of piperidine rings is 1. The Kier molecular flexibility index (Phi) is 8.52. The summed E-state index contributed by atoms with van der Waals surface area (Å²) >= 11 is 0. The zero-order valence-electron chi connectivity index (χ0n) is 22.4. The summed E-state index contributed by atoms with van der Waals surface area (Å²) in [6.07, 6.45) is 6.03. The Labute approximate surface area is 235 Å². The monoisotopic (exact) mass is 559 g/mol. The van der Waals surface area contributed by atoms with E-state index in [2.05, 4.69) is 10.3 Å². The van der Waals surface area contributed by atoms with E-state index in [0.29, 0.717) is 18.7 Å². The summed E-state index contributed by atoms with van der Waals surface area (Å²) in [6, 6.07) is 14.7. The Balaban J connectivity index is 1.40. The summed E-state index contributed by atoms with van der Waals surface area (Å²) in [5.41, 5.74) is 0.484. The van der Waals surface area contributed by atoms with Crippen molar-refractivity contribution in [2.24, 2.45) is 0 Å². The van der Waals surface area contributed by atoms with Crippen molar-refractivity contribution in [1.29, 1.82) is 0 Å². The summed E-state index contributed by atoms with van der Waals surface area (Å²) < 4.78 is 21.8. The minimum absolute atomic E-state index is 0.00545. The minimum Gasteiger partial charge on any atom is -0.481 e. The molecular formula is C30H30FN5O5. The molecule has 1 aliphatic rings. The van der Waals surface area contributed by atoms with Gasteiger partial charge in [-0.05, 0) is 42.5 Å². The summed E-state index contributed by atoms with van der Waals surface area (Å²) in [4.78, 5) is 58.4. The lowest BCUT2D eigenvalue weighted by molar-refractivity contribution is -0.132. The first kappa shape index (κ1) is 27.8. The lowest BCUT2D eigenvalue weighted by Crippen LogP contribution is -2.38. The molecule has 5 rings (SSSR count). The standard InChI is InChI=1S/C30H30FN5O5/c31-23-11-9-21(10-12-23)17-24(37)18-32-28(39)26-27(41-20-22-7-3-1-4-8-22)29(40)36-16-15-35(30(36)33-26)19-25(38)34-13-5-2-6-14-34/h1,3-4,7-12,15-16H,2,5-6,13-14,17-20H2,(H,32,39). The Hall–Kier alpha value is -4.80. The van der Waals surface area contributed by atoms with Crippen LogP contribution >= 0.6 is 0 Å². The van der Waals surface area contributed by atoms with E-state index in [1.54, 1.807) is 11.1 Å². The van der Waals surface area contributed by atoms with Crippen LogP contribution in [-0.4, -0.2) is 56.1 Å². The fraction of sp³-hybridized carbons (Fsp3) is 0.300. The van der Waals surface area contributed by atoms with Crippen LogP contribution in [0.15, 0.2) is 71.8 Å². The van der Waals surface area contributed by atoms with Crippen LogP contribution in [0, 0.1) is 5.82 Å². The predicted octanol–water partition coefficient (Wildman–Crippen LogP) is 2.77. The van der Waals surface area contributed by atoms with Gasteiger partial charge < -0.3 is 19.5 Å². The topological polar surface area (TPSA) is 115 Å². The number of ether oxygens (including phenoxy) is 1. The van der Waals surface area contributed by atoms with E-state index in [9.17, 15) is 23.6 Å². The van der Waals surface area contributed by atoms with Crippen LogP contribution in [0.5, 0.6) is 5.75 Å². The first-order chi connectivity index (χ1) is 19.9. The Morgan fingerprint density at radius 1 is 0.927 bits per heavy atom. The predicted molar refractivity (Wildman–Crippen MR) is 148 cm³/mol. The van der Waals surface area contributed by atoms with Gasteiger partial charge in [-0.1, -0.05) is 42.5 Å². The number of Topliss-reactive ketones (excluding diaryl/α,β-unsaturated/α-hetero) is 1. The van der Waals surface area contributed by atoms with E-state index in [1.165, 1.54) is 39.4 Å². The molecule has 2 aromatic heterocycles. The molecule has 3 heterocycles. The lowest BCUT2D eigenvalue weighted by atomic mass is 10.1. The quantitative estimate of drug-likeness (QED) is 0.320. The van der Waals surface area contributed by atoms with Gasteiger partial charge in [0.15, 0.2) is 11.5 Å². The van der Waals surface area contributed by atoms with Crippen LogP contribution in [0.25, 0.3) is 5.78 Å². The van der Waals surface area contributed by atoms with E-state index in [1.807, 2.05) is 30.3 Å². The molecule has 11 heteroatoms. The molecule has 2 aromatic carbocycles. The lowest BCUT2D eigenvalue weighted by Gasteiger charge is -2.26. The largest absolute Gasteiger partial charge is 0.481 e. The third-order valence-electron chi connectivity index (χ3n) is 6.92. The second-order valence-electron chi connectivity index (χ2n) is 9.93. The van der Waals surface area contributed by atoms with Crippen LogP contribution in [0.2, 0.25) is 0 Å². The molecule has 212 valence electrons. The number of fused-ring (bicyclic) bond motifs is 1. The molecule has 0 saturated carbocycles. The minimum atomic E-state index is -0.768. The molecule has 2 amide bonds. The van der Waals surface area contributed by atoms with Crippen molar-refractivity contribution in [3.8, 4) is 5.75 Å². The summed E-state index contributed by atoms with van der Waals surface area (Å²) in [5.74, 6) is -1.75. The maximum Gasteiger partial charge on any atom is 0.302 e. The van der Waals surface area contributed by atoms with Crippen LogP contribution in [0.4, 0.5) is 4.39 Å². The van der Waals surface area contributed by atoms with Crippen molar-refractivity contribution in [3.05, 3.63) is 100.0 Å². The molecule has 4 aromatic rings. The highest BCUT2D eigenvalue weighted by molar-refractivity contribution is 5.97. The molecule has 0 radical (unpaired) electrons. The normalized spacial score (nSPS) is 13.2. The Morgan fingerprint density at radius 3 is 2.39 bits per heavy atom. The first-order valence-electron chi connectivity index (χ1n) is 13.5. The van der Waals surface area contributed by atoms with Gasteiger partial charge in [-0.25, -0.2) is 13.8 Å². The number of aromatic nitrogens is 3. The number of nitrogens with one attached hydrogen (secondary N) is 1. The van der Waals surface area contributed by atoms with Gasteiger partial charge in [-0.3, -0.25) is 19.2 Å². The molecule has 0 spiro atoms. The van der Waals surface area contributed by atoms with Gasteiger partial charge in [0.2, 0.25) is 17.4 Å². The molecule has 1 N–H and O–H groups in total. The van der Waals surface area contributed by atoms with Gasteiger partial charge in [-0.15, -0.1) is 0 Å². The molecule has 0 atom stereocenters. The molecule has 0 bridgehead atoms. The highest BCUT2D eigenvalue weighted by Gasteiger charge is 2.24. The summed E-state index contributed by atoms with van der Waals surface area (Å²) in [6.45, 7) is 1.01. The average Bonchev–Trinajstić information content (AvgIpc) is 3.40. The first-order valence-corrected chi connectivity index (χ1v) is 13.5. The molecule has 1 fully saturated rings. The molecule has 1 aliphatic heterocycles. The maximum absolute atomic E-state index is 13.5. The van der Waals surface area contributed by atoms with Gasteiger partial charge in [0.1, 0.15) is 19.0 Å². The second-order valence-corrected chi connectivity index (χ2v) is 9.93. The number of hydrogen-bond donors (Lipinski definition) is 1. The number of imidazole rings is 1. The van der Waals surface area contributed by atoms with E-state index in [0.717, 1.165) is 24.8 Å². The van der Waals surface area contributed by atoms with Gasteiger partial charge in [0, 0.05) is 31.9 Å². The highest BCUT2D eigenvalue weighted by Crippen LogP contribution is 2.17. The van der Waals surface area contributed by atoms with Crippen molar-refractivity contribution < 1.29 is 23.5 Å². The number of nitrogens with zero attached hydrogens (tertiary/aromatic N) is 4. The van der Waals surface area contributed by atoms with Crippen LogP contribution in [0.3, 0.4) is 0 Å². The number of ketones is 1. The number of hydrogen-bond acceptors (Lipinski definition) is 6. The number of rotatable bonds is 10. The van der Waals surface area contributed by atoms with Crippen LogP contribution < -0.4 is 15.6 Å². The smallest absolute Gasteiger partial charge is 0.302 e. The van der Waals surface area contributed by atoms with E-state index < -0.39 is 17.3 Å². The van der Waals surface area contributed by atoms with Crippen LogP contribution in [-0.2, 0) is 29.2 Å². The van der Waals surface area contributed by atoms with E-state index in [-0.39, 0.29) is 55.0 Å². The van der Waals surface area contributed by atoms with Crippen LogP contribution in [0.1, 0.15) is 40.9 Å². The Morgan fingerprint density at radius 2 is 1.66 bits per heavy atom. The van der Waals surface area contributed by atoms with E-state index >= 15 is 0 Å². The third kappa shape index (κ3) is 6.68. The molecule has 0 unspecified atom stereocenters. The highest BCUT2D eigenvalue weighted by atomic mass is 19.1. The second kappa shape index (κ2) is 12.6. The molecule has 10 nitrogen and oxygen atoms in total. The zero-order valence-corrected chi connectivity index (χ0v) is 22.4. The van der Waals surface area contributed by atoms with Crippen molar-refractivity contribution >= 4 is 23.4 Å². The van der Waals surface area contributed by atoms with Crippen molar-refractivity contribution in [1.82, 2.24) is 24.2 Å². The SMILES string of the molecule is O=C(CNC(=O)c1nc2n(CC(=O)N3CCCCC3)ccn2c(=O)c1OCc1ccccc1)Cc1ccc(F)cc1. The summed E-state index contributed by atoms with van der Waals surface area (Å²) in [5, 5.41) is 2.53. The zero-order chi connectivity index (χ0) is 28.8.